The Morgan fingerprint density at radius 3 is 2.59 bits per heavy atom. The van der Waals surface area contributed by atoms with Gasteiger partial charge >= 0.3 is 0 Å². The van der Waals surface area contributed by atoms with E-state index in [1.165, 1.54) is 0 Å². The molecule has 1 N–H and O–H groups in total. The van der Waals surface area contributed by atoms with E-state index in [-0.39, 0.29) is 0 Å². The van der Waals surface area contributed by atoms with Crippen molar-refractivity contribution in [3.05, 3.63) is 35.8 Å². The van der Waals surface area contributed by atoms with Gasteiger partial charge in [0.05, 0.1) is 0 Å². The fourth-order valence-electron chi connectivity index (χ4n) is 1.57. The van der Waals surface area contributed by atoms with Crippen molar-refractivity contribution in [2.75, 3.05) is 11.9 Å². The zero-order chi connectivity index (χ0) is 12.3. The summed E-state index contributed by atoms with van der Waals surface area (Å²) >= 11 is 0. The van der Waals surface area contributed by atoms with Crippen LogP contribution in [0.3, 0.4) is 0 Å². The first-order valence-corrected chi connectivity index (χ1v) is 5.71. The first-order valence-electron chi connectivity index (χ1n) is 5.71. The fraction of sp³-hybridized carbons (Fsp3) is 0.308. The number of rotatable bonds is 3. The lowest BCUT2D eigenvalue weighted by atomic mass is 10.2. The van der Waals surface area contributed by atoms with Gasteiger partial charge in [0.25, 0.3) is 0 Å². The smallest absolute Gasteiger partial charge is 0.163 e. The molecule has 0 atom stereocenters. The third-order valence-electron chi connectivity index (χ3n) is 2.38. The zero-order valence-electron chi connectivity index (χ0n) is 10.4. The van der Waals surface area contributed by atoms with Crippen LogP contribution in [0.4, 0.5) is 5.82 Å². The second-order valence-corrected chi connectivity index (χ2v) is 3.94. The number of anilines is 1. The molecule has 0 aliphatic carbocycles. The van der Waals surface area contributed by atoms with Crippen LogP contribution in [0.25, 0.3) is 11.4 Å². The second kappa shape index (κ2) is 4.91. The third kappa shape index (κ3) is 2.78. The molecule has 0 saturated heterocycles. The Kier molecular flexibility index (Phi) is 3.32. The highest BCUT2D eigenvalue weighted by molar-refractivity contribution is 5.56. The van der Waals surface area contributed by atoms with Crippen molar-refractivity contribution in [3.63, 3.8) is 0 Å². The monoisotopic (exact) mass is 228 g/mol. The van der Waals surface area contributed by atoms with Gasteiger partial charge in [-0.3, -0.25) is 4.98 Å². The summed E-state index contributed by atoms with van der Waals surface area (Å²) in [4.78, 5) is 13.1. The molecule has 0 bridgehead atoms. The summed E-state index contributed by atoms with van der Waals surface area (Å²) in [6.45, 7) is 6.82. The average molecular weight is 228 g/mol. The van der Waals surface area contributed by atoms with Crippen LogP contribution < -0.4 is 5.32 Å². The molecule has 2 aromatic rings. The van der Waals surface area contributed by atoms with Gasteiger partial charge < -0.3 is 5.32 Å². The Labute approximate surface area is 101 Å². The summed E-state index contributed by atoms with van der Waals surface area (Å²) in [5.74, 6) is 1.57. The molecule has 2 heterocycles. The second-order valence-electron chi connectivity index (χ2n) is 3.94. The molecule has 4 nitrogen and oxygen atoms in total. The van der Waals surface area contributed by atoms with E-state index in [0.29, 0.717) is 5.82 Å². The van der Waals surface area contributed by atoms with E-state index in [2.05, 4.69) is 20.3 Å². The lowest BCUT2D eigenvalue weighted by molar-refractivity contribution is 1.07. The van der Waals surface area contributed by atoms with Crippen LogP contribution in [0.2, 0.25) is 0 Å². The van der Waals surface area contributed by atoms with Crippen LogP contribution in [0.5, 0.6) is 0 Å². The molecule has 2 rings (SSSR count). The van der Waals surface area contributed by atoms with Crippen molar-refractivity contribution in [2.45, 2.75) is 20.8 Å². The van der Waals surface area contributed by atoms with Crippen molar-refractivity contribution in [1.29, 1.82) is 0 Å². The van der Waals surface area contributed by atoms with Gasteiger partial charge in [-0.1, -0.05) is 0 Å². The minimum atomic E-state index is 0.716. The van der Waals surface area contributed by atoms with Crippen LogP contribution in [-0.2, 0) is 0 Å². The summed E-state index contributed by atoms with van der Waals surface area (Å²) in [7, 11) is 0. The highest BCUT2D eigenvalue weighted by Gasteiger charge is 2.04. The molecule has 0 aromatic carbocycles. The van der Waals surface area contributed by atoms with Crippen LogP contribution in [0, 0.1) is 13.8 Å². The number of hydrogen-bond donors (Lipinski definition) is 1. The van der Waals surface area contributed by atoms with Crippen molar-refractivity contribution >= 4 is 5.82 Å². The van der Waals surface area contributed by atoms with Gasteiger partial charge in [0.2, 0.25) is 0 Å². The van der Waals surface area contributed by atoms with Gasteiger partial charge in [-0.25, -0.2) is 9.97 Å². The largest absolute Gasteiger partial charge is 0.370 e. The molecule has 2 aromatic heterocycles. The van der Waals surface area contributed by atoms with E-state index in [4.69, 9.17) is 0 Å². The molecule has 4 heteroatoms. The maximum absolute atomic E-state index is 4.46. The Morgan fingerprint density at radius 2 is 1.94 bits per heavy atom. The maximum Gasteiger partial charge on any atom is 0.163 e. The standard InChI is InChI=1S/C13H16N4/c1-4-14-12-7-10(3)16-13(17-12)11-6-5-9(2)15-8-11/h5-8H,4H2,1-3H3,(H,14,16,17). The van der Waals surface area contributed by atoms with E-state index in [1.807, 2.05) is 39.0 Å². The molecule has 0 aliphatic rings. The van der Waals surface area contributed by atoms with Crippen LogP contribution in [-0.4, -0.2) is 21.5 Å². The summed E-state index contributed by atoms with van der Waals surface area (Å²) < 4.78 is 0. The lowest BCUT2D eigenvalue weighted by Gasteiger charge is -2.06. The van der Waals surface area contributed by atoms with Crippen molar-refractivity contribution < 1.29 is 0 Å². The quantitative estimate of drug-likeness (QED) is 0.877. The van der Waals surface area contributed by atoms with Gasteiger partial charge in [0.15, 0.2) is 5.82 Å². The fourth-order valence-corrected chi connectivity index (χ4v) is 1.57. The molecule has 0 spiro atoms. The minimum Gasteiger partial charge on any atom is -0.370 e. The molecule has 0 unspecified atom stereocenters. The molecule has 0 fully saturated rings. The van der Waals surface area contributed by atoms with Crippen molar-refractivity contribution in [3.8, 4) is 11.4 Å². The van der Waals surface area contributed by atoms with Crippen molar-refractivity contribution in [1.82, 2.24) is 15.0 Å². The number of nitrogens with zero attached hydrogens (tertiary/aromatic N) is 3. The van der Waals surface area contributed by atoms with Crippen LogP contribution >= 0.6 is 0 Å². The normalized spacial score (nSPS) is 10.3. The first-order chi connectivity index (χ1) is 8.19. The topological polar surface area (TPSA) is 50.7 Å². The summed E-state index contributed by atoms with van der Waals surface area (Å²) in [5.41, 5.74) is 2.89. The number of hydrogen-bond acceptors (Lipinski definition) is 4. The molecular weight excluding hydrogens is 212 g/mol. The Morgan fingerprint density at radius 1 is 1.12 bits per heavy atom. The highest BCUT2D eigenvalue weighted by atomic mass is 15.0. The first kappa shape index (κ1) is 11.5. The van der Waals surface area contributed by atoms with Crippen LogP contribution in [0.1, 0.15) is 18.3 Å². The molecule has 88 valence electrons. The van der Waals surface area contributed by atoms with Gasteiger partial charge in [0, 0.05) is 35.8 Å². The molecule has 0 radical (unpaired) electrons. The predicted octanol–water partition coefficient (Wildman–Crippen LogP) is 2.59. The van der Waals surface area contributed by atoms with Crippen molar-refractivity contribution in [2.24, 2.45) is 0 Å². The maximum atomic E-state index is 4.46. The van der Waals surface area contributed by atoms with E-state index in [0.717, 1.165) is 29.3 Å². The number of aryl methyl sites for hydroxylation is 2. The molecule has 0 amide bonds. The summed E-state index contributed by atoms with van der Waals surface area (Å²) in [6, 6.07) is 5.90. The lowest BCUT2D eigenvalue weighted by Crippen LogP contribution is -2.02. The van der Waals surface area contributed by atoms with E-state index < -0.39 is 0 Å². The minimum absolute atomic E-state index is 0.716. The van der Waals surface area contributed by atoms with E-state index in [1.54, 1.807) is 6.20 Å². The van der Waals surface area contributed by atoms with Gasteiger partial charge in [-0.15, -0.1) is 0 Å². The summed E-state index contributed by atoms with van der Waals surface area (Å²) in [6.07, 6.45) is 1.81. The Balaban J connectivity index is 2.40. The number of nitrogens with one attached hydrogen (secondary N) is 1. The number of pyridine rings is 1. The van der Waals surface area contributed by atoms with Gasteiger partial charge in [0.1, 0.15) is 5.82 Å². The zero-order valence-corrected chi connectivity index (χ0v) is 10.4. The van der Waals surface area contributed by atoms with Gasteiger partial charge in [-0.05, 0) is 32.9 Å². The average Bonchev–Trinajstić information content (AvgIpc) is 2.29. The predicted molar refractivity (Wildman–Crippen MR) is 68.9 cm³/mol. The highest BCUT2D eigenvalue weighted by Crippen LogP contribution is 2.17. The van der Waals surface area contributed by atoms with Crippen LogP contribution in [0.15, 0.2) is 24.4 Å². The van der Waals surface area contributed by atoms with E-state index in [9.17, 15) is 0 Å². The third-order valence-corrected chi connectivity index (χ3v) is 2.38. The van der Waals surface area contributed by atoms with Gasteiger partial charge in [-0.2, -0.15) is 0 Å². The SMILES string of the molecule is CCNc1cc(C)nc(-c2ccc(C)nc2)n1. The number of aromatic nitrogens is 3. The molecule has 0 saturated carbocycles. The molecular formula is C13H16N4. The molecule has 0 aliphatic heterocycles. The Hall–Kier alpha value is -1.97. The van der Waals surface area contributed by atoms with E-state index >= 15 is 0 Å². The molecule has 17 heavy (non-hydrogen) atoms. The Bertz CT molecular complexity index is 505. The summed E-state index contributed by atoms with van der Waals surface area (Å²) in [5, 5.41) is 3.20.